The zero-order chi connectivity index (χ0) is 15.6. The standard InChI is InChI=1S/C13H13Br2F2N3O/c1-21-3-2-20-13(8(15)6-19-20)12(18)11-9(16)4-7(14)5-10(11)17/h4-6,12H,2-3,18H2,1H3. The van der Waals surface area contributed by atoms with Crippen LogP contribution in [0.5, 0.6) is 0 Å². The Labute approximate surface area is 137 Å². The van der Waals surface area contributed by atoms with Gasteiger partial charge >= 0.3 is 0 Å². The molecular formula is C13H13Br2F2N3O. The quantitative estimate of drug-likeness (QED) is 0.800. The van der Waals surface area contributed by atoms with E-state index in [0.29, 0.717) is 27.8 Å². The minimum atomic E-state index is -0.980. The van der Waals surface area contributed by atoms with Crippen LogP contribution in [0.15, 0.2) is 27.3 Å². The first kappa shape index (κ1) is 16.5. The average molecular weight is 425 g/mol. The number of hydrogen-bond acceptors (Lipinski definition) is 3. The first-order valence-electron chi connectivity index (χ1n) is 6.05. The topological polar surface area (TPSA) is 53.1 Å². The molecule has 1 atom stereocenters. The molecule has 0 fully saturated rings. The van der Waals surface area contributed by atoms with E-state index >= 15 is 0 Å². The lowest BCUT2D eigenvalue weighted by Crippen LogP contribution is -2.21. The second-order valence-corrected chi connectivity index (χ2v) is 6.12. The van der Waals surface area contributed by atoms with Gasteiger partial charge in [0.15, 0.2) is 0 Å². The van der Waals surface area contributed by atoms with Crippen LogP contribution in [0.4, 0.5) is 8.78 Å². The maximum Gasteiger partial charge on any atom is 0.132 e. The van der Waals surface area contributed by atoms with Crippen LogP contribution in [0.1, 0.15) is 17.3 Å². The summed E-state index contributed by atoms with van der Waals surface area (Å²) in [6, 6.07) is 1.39. The van der Waals surface area contributed by atoms with Crippen molar-refractivity contribution in [2.45, 2.75) is 12.6 Å². The van der Waals surface area contributed by atoms with Gasteiger partial charge in [0.25, 0.3) is 0 Å². The highest BCUT2D eigenvalue weighted by atomic mass is 79.9. The second kappa shape index (κ2) is 6.95. The third kappa shape index (κ3) is 3.50. The monoisotopic (exact) mass is 423 g/mol. The molecule has 1 unspecified atom stereocenters. The van der Waals surface area contributed by atoms with Crippen LogP contribution < -0.4 is 5.73 Å². The molecule has 0 saturated heterocycles. The SMILES string of the molecule is COCCn1ncc(Br)c1C(N)c1c(F)cc(Br)cc1F. The molecular weight excluding hydrogens is 412 g/mol. The predicted molar refractivity (Wildman–Crippen MR) is 81.9 cm³/mol. The van der Waals surface area contributed by atoms with E-state index in [1.54, 1.807) is 18.0 Å². The molecule has 0 bridgehead atoms. The van der Waals surface area contributed by atoms with Gasteiger partial charge in [-0.2, -0.15) is 5.10 Å². The molecule has 0 saturated carbocycles. The first-order valence-corrected chi connectivity index (χ1v) is 7.64. The Morgan fingerprint density at radius 3 is 2.52 bits per heavy atom. The second-order valence-electron chi connectivity index (χ2n) is 4.35. The van der Waals surface area contributed by atoms with Crippen molar-refractivity contribution in [3.8, 4) is 0 Å². The van der Waals surface area contributed by atoms with E-state index in [2.05, 4.69) is 37.0 Å². The van der Waals surface area contributed by atoms with E-state index in [4.69, 9.17) is 10.5 Å². The Balaban J connectivity index is 2.45. The van der Waals surface area contributed by atoms with E-state index in [1.165, 1.54) is 12.1 Å². The summed E-state index contributed by atoms with van der Waals surface area (Å²) in [4.78, 5) is 0. The first-order chi connectivity index (χ1) is 9.95. The van der Waals surface area contributed by atoms with Crippen molar-refractivity contribution in [2.75, 3.05) is 13.7 Å². The zero-order valence-corrected chi connectivity index (χ0v) is 14.3. The maximum absolute atomic E-state index is 14.0. The lowest BCUT2D eigenvalue weighted by molar-refractivity contribution is 0.182. The third-order valence-corrected chi connectivity index (χ3v) is 4.06. The Kier molecular flexibility index (Phi) is 5.48. The lowest BCUT2D eigenvalue weighted by atomic mass is 10.0. The molecule has 0 amide bonds. The summed E-state index contributed by atoms with van der Waals surface area (Å²) in [5, 5.41) is 4.13. The largest absolute Gasteiger partial charge is 0.383 e. The lowest BCUT2D eigenvalue weighted by Gasteiger charge is -2.17. The highest BCUT2D eigenvalue weighted by Crippen LogP contribution is 2.31. The van der Waals surface area contributed by atoms with E-state index in [-0.39, 0.29) is 5.56 Å². The predicted octanol–water partition coefficient (Wildman–Crippen LogP) is 3.38. The number of nitrogens with zero attached hydrogens (tertiary/aromatic N) is 2. The van der Waals surface area contributed by atoms with E-state index in [1.807, 2.05) is 0 Å². The average Bonchev–Trinajstić information content (AvgIpc) is 2.76. The van der Waals surface area contributed by atoms with Crippen molar-refractivity contribution in [3.63, 3.8) is 0 Å². The molecule has 0 aliphatic carbocycles. The summed E-state index contributed by atoms with van der Waals surface area (Å²) >= 11 is 6.36. The number of methoxy groups -OCH3 is 1. The van der Waals surface area contributed by atoms with Crippen LogP contribution in [-0.4, -0.2) is 23.5 Å². The molecule has 114 valence electrons. The van der Waals surface area contributed by atoms with Gasteiger partial charge in [-0.15, -0.1) is 0 Å². The molecule has 2 rings (SSSR count). The molecule has 4 nitrogen and oxygen atoms in total. The summed E-state index contributed by atoms with van der Waals surface area (Å²) in [7, 11) is 1.56. The summed E-state index contributed by atoms with van der Waals surface area (Å²) < 4.78 is 35.6. The fourth-order valence-corrected chi connectivity index (χ4v) is 2.97. The van der Waals surface area contributed by atoms with Crippen LogP contribution >= 0.6 is 31.9 Å². The van der Waals surface area contributed by atoms with Gasteiger partial charge in [0, 0.05) is 17.1 Å². The van der Waals surface area contributed by atoms with Crippen LogP contribution in [0.2, 0.25) is 0 Å². The molecule has 1 heterocycles. The number of rotatable bonds is 5. The number of aromatic nitrogens is 2. The van der Waals surface area contributed by atoms with E-state index in [9.17, 15) is 8.78 Å². The van der Waals surface area contributed by atoms with Gasteiger partial charge < -0.3 is 10.5 Å². The zero-order valence-electron chi connectivity index (χ0n) is 11.1. The van der Waals surface area contributed by atoms with Crippen molar-refractivity contribution < 1.29 is 13.5 Å². The van der Waals surface area contributed by atoms with E-state index < -0.39 is 17.7 Å². The molecule has 1 aromatic heterocycles. The Morgan fingerprint density at radius 2 is 1.95 bits per heavy atom. The molecule has 0 radical (unpaired) electrons. The van der Waals surface area contributed by atoms with E-state index in [0.717, 1.165) is 0 Å². The fraction of sp³-hybridized carbons (Fsp3) is 0.308. The maximum atomic E-state index is 14.0. The smallest absolute Gasteiger partial charge is 0.132 e. The minimum absolute atomic E-state index is 0.196. The number of nitrogens with two attached hydrogens (primary N) is 1. The molecule has 2 aromatic rings. The number of hydrogen-bond donors (Lipinski definition) is 1. The highest BCUT2D eigenvalue weighted by molar-refractivity contribution is 9.10. The Morgan fingerprint density at radius 1 is 1.33 bits per heavy atom. The van der Waals surface area contributed by atoms with Crippen molar-refractivity contribution >= 4 is 31.9 Å². The van der Waals surface area contributed by atoms with Gasteiger partial charge in [0.05, 0.1) is 35.6 Å². The molecule has 0 aliphatic rings. The van der Waals surface area contributed by atoms with Gasteiger partial charge in [-0.25, -0.2) is 8.78 Å². The number of halogens is 4. The molecule has 0 spiro atoms. The van der Waals surface area contributed by atoms with Crippen molar-refractivity contribution in [1.29, 1.82) is 0 Å². The van der Waals surface area contributed by atoms with Crippen LogP contribution in [0.3, 0.4) is 0 Å². The van der Waals surface area contributed by atoms with Gasteiger partial charge in [-0.3, -0.25) is 4.68 Å². The van der Waals surface area contributed by atoms with Gasteiger partial charge in [-0.1, -0.05) is 15.9 Å². The third-order valence-electron chi connectivity index (χ3n) is 2.99. The normalized spacial score (nSPS) is 12.7. The molecule has 21 heavy (non-hydrogen) atoms. The molecule has 2 N–H and O–H groups in total. The van der Waals surface area contributed by atoms with Crippen LogP contribution in [-0.2, 0) is 11.3 Å². The highest BCUT2D eigenvalue weighted by Gasteiger charge is 2.24. The summed E-state index contributed by atoms with van der Waals surface area (Å²) in [6.07, 6.45) is 1.54. The van der Waals surface area contributed by atoms with Crippen LogP contribution in [0, 0.1) is 11.6 Å². The van der Waals surface area contributed by atoms with Crippen molar-refractivity contribution in [2.24, 2.45) is 5.73 Å². The fourth-order valence-electron chi connectivity index (χ4n) is 2.02. The van der Waals surface area contributed by atoms with Crippen molar-refractivity contribution in [1.82, 2.24) is 9.78 Å². The summed E-state index contributed by atoms with van der Waals surface area (Å²) in [6.45, 7) is 0.851. The van der Waals surface area contributed by atoms with Crippen molar-refractivity contribution in [3.05, 3.63) is 50.2 Å². The van der Waals surface area contributed by atoms with Gasteiger partial charge in [0.1, 0.15) is 11.6 Å². The van der Waals surface area contributed by atoms with Gasteiger partial charge in [-0.05, 0) is 28.1 Å². The summed E-state index contributed by atoms with van der Waals surface area (Å²) in [5.41, 5.74) is 6.36. The Bertz CT molecular complexity index is 625. The molecule has 0 aliphatic heterocycles. The molecule has 1 aromatic carbocycles. The minimum Gasteiger partial charge on any atom is -0.383 e. The van der Waals surface area contributed by atoms with Crippen LogP contribution in [0.25, 0.3) is 0 Å². The summed E-state index contributed by atoms with van der Waals surface area (Å²) in [5.74, 6) is -1.42. The number of ether oxygens (including phenoxy) is 1. The Hall–Kier alpha value is -0.830. The molecule has 8 heteroatoms. The van der Waals surface area contributed by atoms with Gasteiger partial charge in [0.2, 0.25) is 0 Å². The number of benzene rings is 1.